The Labute approximate surface area is 80.0 Å². The first kappa shape index (κ1) is 10.2. The Balaban J connectivity index is 2.56. The lowest BCUT2D eigenvalue weighted by Gasteiger charge is -2.03. The van der Waals surface area contributed by atoms with Crippen molar-refractivity contribution in [2.45, 2.75) is 6.92 Å². The molecule has 0 spiro atoms. The third kappa shape index (κ3) is 2.87. The van der Waals surface area contributed by atoms with Gasteiger partial charge in [-0.15, -0.1) is 6.58 Å². The fourth-order valence-corrected chi connectivity index (χ4v) is 0.714. The van der Waals surface area contributed by atoms with Gasteiger partial charge in [0.05, 0.1) is 18.5 Å². The summed E-state index contributed by atoms with van der Waals surface area (Å²) in [4.78, 5) is 15.9. The zero-order chi connectivity index (χ0) is 10.4. The van der Waals surface area contributed by atoms with Crippen LogP contribution in [0.25, 0.3) is 6.20 Å². The predicted molar refractivity (Wildman–Crippen MR) is 49.9 cm³/mol. The number of tetrazole rings is 1. The van der Waals surface area contributed by atoms with Gasteiger partial charge in [-0.3, -0.25) is 10.3 Å². The van der Waals surface area contributed by atoms with E-state index in [-0.39, 0.29) is 0 Å². The summed E-state index contributed by atoms with van der Waals surface area (Å²) in [6, 6.07) is 0. The van der Waals surface area contributed by atoms with Gasteiger partial charge < -0.3 is 0 Å². The van der Waals surface area contributed by atoms with Gasteiger partial charge in [0.15, 0.2) is 0 Å². The minimum Gasteiger partial charge on any atom is -0.272 e. The molecule has 0 aliphatic heterocycles. The van der Waals surface area contributed by atoms with Crippen molar-refractivity contribution in [3.05, 3.63) is 28.8 Å². The largest absolute Gasteiger partial charge is 0.365 e. The highest BCUT2D eigenvalue weighted by Gasteiger charge is 1.95. The first-order chi connectivity index (χ1) is 6.74. The SMILES string of the molecule is C=CCONC(C)=Cn1nn[nH]c1=O. The van der Waals surface area contributed by atoms with Crippen LogP contribution in [0.3, 0.4) is 0 Å². The summed E-state index contributed by atoms with van der Waals surface area (Å²) in [6.45, 7) is 5.58. The molecule has 0 amide bonds. The van der Waals surface area contributed by atoms with Crippen molar-refractivity contribution >= 4 is 6.20 Å². The van der Waals surface area contributed by atoms with Gasteiger partial charge in [0.1, 0.15) is 0 Å². The molecular formula is C7H11N5O2. The van der Waals surface area contributed by atoms with Crippen LogP contribution in [0, 0.1) is 0 Å². The first-order valence-corrected chi connectivity index (χ1v) is 3.91. The van der Waals surface area contributed by atoms with Crippen LogP contribution in [0.4, 0.5) is 0 Å². The van der Waals surface area contributed by atoms with E-state index in [4.69, 9.17) is 4.84 Å². The number of nitrogens with zero attached hydrogens (tertiary/aromatic N) is 3. The van der Waals surface area contributed by atoms with Crippen molar-refractivity contribution < 1.29 is 4.84 Å². The molecule has 2 N–H and O–H groups in total. The molecule has 0 aliphatic rings. The molecule has 0 atom stereocenters. The summed E-state index contributed by atoms with van der Waals surface area (Å²) in [7, 11) is 0. The average molecular weight is 197 g/mol. The highest BCUT2D eigenvalue weighted by atomic mass is 16.6. The van der Waals surface area contributed by atoms with Crippen LogP contribution >= 0.6 is 0 Å². The van der Waals surface area contributed by atoms with Crippen LogP contribution in [-0.2, 0) is 4.84 Å². The topological polar surface area (TPSA) is 84.8 Å². The molecule has 0 unspecified atom stereocenters. The molecule has 7 nitrogen and oxygen atoms in total. The van der Waals surface area contributed by atoms with Crippen LogP contribution in [0.15, 0.2) is 23.1 Å². The summed E-state index contributed by atoms with van der Waals surface area (Å²) in [6.07, 6.45) is 3.05. The van der Waals surface area contributed by atoms with Crippen LogP contribution in [-0.4, -0.2) is 26.8 Å². The quantitative estimate of drug-likeness (QED) is 0.377. The number of hydrogen-bond donors (Lipinski definition) is 2. The van der Waals surface area contributed by atoms with E-state index >= 15 is 0 Å². The van der Waals surface area contributed by atoms with E-state index in [0.29, 0.717) is 12.3 Å². The molecular weight excluding hydrogens is 186 g/mol. The Bertz CT molecular complexity index is 377. The van der Waals surface area contributed by atoms with Gasteiger partial charge in [-0.2, -0.15) is 4.68 Å². The van der Waals surface area contributed by atoms with Gasteiger partial charge in [0, 0.05) is 0 Å². The van der Waals surface area contributed by atoms with Crippen molar-refractivity contribution in [3.63, 3.8) is 0 Å². The number of aromatic nitrogens is 4. The summed E-state index contributed by atoms with van der Waals surface area (Å²) in [5.41, 5.74) is 2.82. The maximum Gasteiger partial charge on any atom is 0.365 e. The molecule has 0 aromatic carbocycles. The summed E-state index contributed by atoms with van der Waals surface area (Å²) in [5, 5.41) is 8.97. The molecule has 0 fully saturated rings. The van der Waals surface area contributed by atoms with Crippen LogP contribution in [0.2, 0.25) is 0 Å². The summed E-state index contributed by atoms with van der Waals surface area (Å²) in [5.74, 6) is 0. The van der Waals surface area contributed by atoms with Crippen LogP contribution < -0.4 is 11.2 Å². The number of hydroxylamine groups is 1. The van der Waals surface area contributed by atoms with Crippen molar-refractivity contribution in [1.82, 2.24) is 25.7 Å². The Hall–Kier alpha value is -1.89. The second kappa shape index (κ2) is 4.97. The molecule has 1 aromatic rings. The number of aromatic amines is 1. The van der Waals surface area contributed by atoms with Gasteiger partial charge in [0.2, 0.25) is 0 Å². The van der Waals surface area contributed by atoms with E-state index in [2.05, 4.69) is 27.6 Å². The molecule has 76 valence electrons. The maximum atomic E-state index is 10.9. The molecule has 1 rings (SSSR count). The monoisotopic (exact) mass is 197 g/mol. The Morgan fingerprint density at radius 1 is 1.86 bits per heavy atom. The van der Waals surface area contributed by atoms with E-state index in [1.165, 1.54) is 6.20 Å². The van der Waals surface area contributed by atoms with Crippen LogP contribution in [0.1, 0.15) is 6.92 Å². The fraction of sp³-hybridized carbons (Fsp3) is 0.286. The number of H-pyrrole nitrogens is 1. The molecule has 0 saturated heterocycles. The van der Waals surface area contributed by atoms with E-state index < -0.39 is 5.69 Å². The van der Waals surface area contributed by atoms with Crippen molar-refractivity contribution in [3.8, 4) is 0 Å². The van der Waals surface area contributed by atoms with Gasteiger partial charge in [-0.25, -0.2) is 9.89 Å². The minimum absolute atomic E-state index is 0.374. The van der Waals surface area contributed by atoms with E-state index in [0.717, 1.165) is 4.68 Å². The lowest BCUT2D eigenvalue weighted by Crippen LogP contribution is -2.17. The average Bonchev–Trinajstić information content (AvgIpc) is 2.52. The van der Waals surface area contributed by atoms with Crippen molar-refractivity contribution in [1.29, 1.82) is 0 Å². The highest BCUT2D eigenvalue weighted by Crippen LogP contribution is 1.87. The molecule has 14 heavy (non-hydrogen) atoms. The molecule has 0 aliphatic carbocycles. The maximum absolute atomic E-state index is 10.9. The standard InChI is InChI=1S/C7H11N5O2/c1-3-4-14-9-6(2)5-12-7(13)8-10-11-12/h3,5,9H,1,4H2,2H3,(H,8,11,13). The number of hydrogen-bond acceptors (Lipinski definition) is 5. The molecule has 0 saturated carbocycles. The third-order valence-electron chi connectivity index (χ3n) is 1.25. The van der Waals surface area contributed by atoms with Crippen molar-refractivity contribution in [2.75, 3.05) is 6.61 Å². The summed E-state index contributed by atoms with van der Waals surface area (Å²) < 4.78 is 1.06. The van der Waals surface area contributed by atoms with E-state index in [1.54, 1.807) is 13.0 Å². The number of rotatable bonds is 5. The molecule has 1 heterocycles. The fourth-order valence-electron chi connectivity index (χ4n) is 0.714. The Morgan fingerprint density at radius 3 is 3.21 bits per heavy atom. The second-order valence-corrected chi connectivity index (χ2v) is 2.46. The minimum atomic E-state index is -0.408. The predicted octanol–water partition coefficient (Wildman–Crippen LogP) is -0.508. The van der Waals surface area contributed by atoms with Gasteiger partial charge >= 0.3 is 5.69 Å². The number of allylic oxidation sites excluding steroid dienone is 1. The van der Waals surface area contributed by atoms with Crippen molar-refractivity contribution in [2.24, 2.45) is 0 Å². The summed E-state index contributed by atoms with van der Waals surface area (Å²) >= 11 is 0. The molecule has 0 radical (unpaired) electrons. The third-order valence-corrected chi connectivity index (χ3v) is 1.25. The molecule has 1 aromatic heterocycles. The van der Waals surface area contributed by atoms with E-state index in [9.17, 15) is 4.79 Å². The van der Waals surface area contributed by atoms with Gasteiger partial charge in [0.25, 0.3) is 0 Å². The van der Waals surface area contributed by atoms with Gasteiger partial charge in [-0.05, 0) is 17.4 Å². The Kier molecular flexibility index (Phi) is 3.62. The smallest absolute Gasteiger partial charge is 0.272 e. The van der Waals surface area contributed by atoms with E-state index in [1.807, 2.05) is 0 Å². The molecule has 7 heteroatoms. The zero-order valence-electron chi connectivity index (χ0n) is 7.73. The first-order valence-electron chi connectivity index (χ1n) is 3.91. The van der Waals surface area contributed by atoms with Gasteiger partial charge in [-0.1, -0.05) is 6.08 Å². The lowest BCUT2D eigenvalue weighted by molar-refractivity contribution is 0.0869. The van der Waals surface area contributed by atoms with Crippen LogP contribution in [0.5, 0.6) is 0 Å². The Morgan fingerprint density at radius 2 is 2.64 bits per heavy atom. The lowest BCUT2D eigenvalue weighted by atomic mass is 10.6. The molecule has 0 bridgehead atoms. The highest BCUT2D eigenvalue weighted by molar-refractivity contribution is 5.24. The zero-order valence-corrected chi connectivity index (χ0v) is 7.73. The second-order valence-electron chi connectivity index (χ2n) is 2.46. The number of nitrogens with one attached hydrogen (secondary N) is 2. The normalized spacial score (nSPS) is 11.4.